The van der Waals surface area contributed by atoms with Crippen LogP contribution in [0.5, 0.6) is 0 Å². The molecular formula is C18H17FN4OS. The van der Waals surface area contributed by atoms with Crippen molar-refractivity contribution in [2.75, 3.05) is 31.1 Å². The number of hydrogen-bond acceptors (Lipinski definition) is 5. The van der Waals surface area contributed by atoms with E-state index in [2.05, 4.69) is 14.9 Å². The lowest BCUT2D eigenvalue weighted by Crippen LogP contribution is -2.49. The van der Waals surface area contributed by atoms with Crippen LogP contribution in [0.25, 0.3) is 10.9 Å². The first-order valence-electron chi connectivity index (χ1n) is 8.12. The quantitative estimate of drug-likeness (QED) is 0.708. The van der Waals surface area contributed by atoms with E-state index in [1.807, 2.05) is 16.3 Å². The summed E-state index contributed by atoms with van der Waals surface area (Å²) in [5, 5.41) is 3.73. The van der Waals surface area contributed by atoms with Gasteiger partial charge in [0.25, 0.3) is 5.91 Å². The smallest absolute Gasteiger partial charge is 0.255 e. The average Bonchev–Trinajstić information content (AvgIpc) is 3.15. The Labute approximate surface area is 148 Å². The number of aryl methyl sites for hydroxylation is 1. The number of amides is 1. The number of piperazine rings is 1. The van der Waals surface area contributed by atoms with Crippen molar-refractivity contribution in [3.8, 4) is 0 Å². The molecule has 128 valence electrons. The lowest BCUT2D eigenvalue weighted by molar-refractivity contribution is 0.0745. The molecule has 1 aliphatic heterocycles. The van der Waals surface area contributed by atoms with Crippen molar-refractivity contribution < 1.29 is 9.18 Å². The summed E-state index contributed by atoms with van der Waals surface area (Å²) in [6.45, 7) is 4.64. The van der Waals surface area contributed by atoms with E-state index in [0.29, 0.717) is 29.9 Å². The first kappa shape index (κ1) is 16.0. The van der Waals surface area contributed by atoms with Crippen LogP contribution < -0.4 is 4.90 Å². The number of halogens is 1. The van der Waals surface area contributed by atoms with E-state index in [1.54, 1.807) is 30.5 Å². The van der Waals surface area contributed by atoms with Crippen molar-refractivity contribution in [2.45, 2.75) is 6.92 Å². The number of fused-ring (bicyclic) bond motifs is 1. The van der Waals surface area contributed by atoms with Gasteiger partial charge in [0.15, 0.2) is 5.13 Å². The maximum Gasteiger partial charge on any atom is 0.255 e. The number of nitrogens with zero attached hydrogens (tertiary/aromatic N) is 4. The Morgan fingerprint density at radius 2 is 2.00 bits per heavy atom. The normalized spacial score (nSPS) is 15.0. The predicted octanol–water partition coefficient (Wildman–Crippen LogP) is 3.10. The molecule has 7 heteroatoms. The zero-order valence-corrected chi connectivity index (χ0v) is 14.6. The van der Waals surface area contributed by atoms with Gasteiger partial charge in [0.05, 0.1) is 16.8 Å². The van der Waals surface area contributed by atoms with Crippen LogP contribution in [-0.4, -0.2) is 47.0 Å². The van der Waals surface area contributed by atoms with E-state index < -0.39 is 0 Å². The molecule has 0 radical (unpaired) electrons. The lowest BCUT2D eigenvalue weighted by atomic mass is 10.1. The fourth-order valence-corrected chi connectivity index (χ4v) is 3.79. The van der Waals surface area contributed by atoms with Crippen molar-refractivity contribution in [3.05, 3.63) is 52.9 Å². The van der Waals surface area contributed by atoms with Gasteiger partial charge in [-0.2, -0.15) is 0 Å². The highest BCUT2D eigenvalue weighted by Crippen LogP contribution is 2.22. The summed E-state index contributed by atoms with van der Waals surface area (Å²) < 4.78 is 13.3. The average molecular weight is 356 g/mol. The molecule has 3 aromatic rings. The molecule has 4 rings (SSSR count). The molecule has 1 aliphatic rings. The van der Waals surface area contributed by atoms with Crippen LogP contribution in [0.1, 0.15) is 16.1 Å². The minimum atomic E-state index is -0.322. The third kappa shape index (κ3) is 3.07. The van der Waals surface area contributed by atoms with Crippen molar-refractivity contribution in [2.24, 2.45) is 0 Å². The topological polar surface area (TPSA) is 49.3 Å². The summed E-state index contributed by atoms with van der Waals surface area (Å²) in [5.41, 5.74) is 1.79. The van der Waals surface area contributed by atoms with Gasteiger partial charge >= 0.3 is 0 Å². The Kier molecular flexibility index (Phi) is 4.09. The van der Waals surface area contributed by atoms with Gasteiger partial charge < -0.3 is 9.80 Å². The molecule has 0 saturated carbocycles. The van der Waals surface area contributed by atoms with Crippen molar-refractivity contribution in [3.63, 3.8) is 0 Å². The number of thiazole rings is 1. The maximum atomic E-state index is 13.3. The van der Waals surface area contributed by atoms with Gasteiger partial charge in [-0.25, -0.2) is 9.37 Å². The SMILES string of the molecule is Cc1nc2cc(F)ccc2cc1C(=O)N1CCN(c2nccs2)CC1. The van der Waals surface area contributed by atoms with Crippen LogP contribution in [0, 0.1) is 12.7 Å². The molecule has 1 saturated heterocycles. The third-order valence-electron chi connectivity index (χ3n) is 4.46. The van der Waals surface area contributed by atoms with Crippen molar-refractivity contribution in [1.82, 2.24) is 14.9 Å². The van der Waals surface area contributed by atoms with Crippen LogP contribution >= 0.6 is 11.3 Å². The minimum Gasteiger partial charge on any atom is -0.345 e. The maximum absolute atomic E-state index is 13.3. The molecule has 0 bridgehead atoms. The molecular weight excluding hydrogens is 339 g/mol. The fraction of sp³-hybridized carbons (Fsp3) is 0.278. The Bertz CT molecular complexity index is 920. The van der Waals surface area contributed by atoms with E-state index in [-0.39, 0.29) is 11.7 Å². The van der Waals surface area contributed by atoms with Crippen molar-refractivity contribution >= 4 is 33.3 Å². The van der Waals surface area contributed by atoms with Gasteiger partial charge in [-0.05, 0) is 25.1 Å². The molecule has 0 unspecified atom stereocenters. The van der Waals surface area contributed by atoms with E-state index in [9.17, 15) is 9.18 Å². The number of anilines is 1. The lowest BCUT2D eigenvalue weighted by Gasteiger charge is -2.34. The molecule has 0 aliphatic carbocycles. The van der Waals surface area contributed by atoms with Gasteiger partial charge in [-0.15, -0.1) is 11.3 Å². The number of benzene rings is 1. The number of pyridine rings is 1. The van der Waals surface area contributed by atoms with E-state index in [1.165, 1.54) is 12.1 Å². The first-order chi connectivity index (χ1) is 12.1. The summed E-state index contributed by atoms with van der Waals surface area (Å²) in [6, 6.07) is 6.25. The summed E-state index contributed by atoms with van der Waals surface area (Å²) in [5.74, 6) is -0.341. The van der Waals surface area contributed by atoms with Crippen LogP contribution in [0.2, 0.25) is 0 Å². The Morgan fingerprint density at radius 1 is 1.20 bits per heavy atom. The molecule has 3 heterocycles. The first-order valence-corrected chi connectivity index (χ1v) is 9.00. The van der Waals surface area contributed by atoms with Crippen LogP contribution in [0.4, 0.5) is 9.52 Å². The van der Waals surface area contributed by atoms with Gasteiger partial charge in [0, 0.05) is 49.2 Å². The van der Waals surface area contributed by atoms with Crippen LogP contribution in [0.15, 0.2) is 35.8 Å². The number of aromatic nitrogens is 2. The highest BCUT2D eigenvalue weighted by atomic mass is 32.1. The number of rotatable bonds is 2. The van der Waals surface area contributed by atoms with E-state index in [0.717, 1.165) is 23.6 Å². The number of carbonyl (C=O) groups excluding carboxylic acids is 1. The second-order valence-corrected chi connectivity index (χ2v) is 6.93. The molecule has 0 atom stereocenters. The molecule has 25 heavy (non-hydrogen) atoms. The molecule has 2 aromatic heterocycles. The standard InChI is InChI=1S/C18H17FN4OS/c1-12-15(10-13-2-3-14(19)11-16(13)21-12)17(24)22-5-7-23(8-6-22)18-20-4-9-25-18/h2-4,9-11H,5-8H2,1H3. The summed E-state index contributed by atoms with van der Waals surface area (Å²) in [4.78, 5) is 25.7. The molecule has 0 N–H and O–H groups in total. The van der Waals surface area contributed by atoms with Gasteiger partial charge in [-0.1, -0.05) is 0 Å². The highest BCUT2D eigenvalue weighted by Gasteiger charge is 2.24. The number of carbonyl (C=O) groups is 1. The third-order valence-corrected chi connectivity index (χ3v) is 5.29. The summed E-state index contributed by atoms with van der Waals surface area (Å²) in [6.07, 6.45) is 1.80. The van der Waals surface area contributed by atoms with Gasteiger partial charge in [0.1, 0.15) is 5.82 Å². The predicted molar refractivity (Wildman–Crippen MR) is 96.7 cm³/mol. The van der Waals surface area contributed by atoms with E-state index in [4.69, 9.17) is 0 Å². The van der Waals surface area contributed by atoms with Crippen molar-refractivity contribution in [1.29, 1.82) is 0 Å². The zero-order valence-electron chi connectivity index (χ0n) is 13.8. The summed E-state index contributed by atoms with van der Waals surface area (Å²) in [7, 11) is 0. The van der Waals surface area contributed by atoms with Crippen LogP contribution in [0.3, 0.4) is 0 Å². The van der Waals surface area contributed by atoms with Gasteiger partial charge in [0.2, 0.25) is 0 Å². The Hall–Kier alpha value is -2.54. The molecule has 5 nitrogen and oxygen atoms in total. The highest BCUT2D eigenvalue weighted by molar-refractivity contribution is 7.13. The molecule has 1 amide bonds. The second-order valence-electron chi connectivity index (χ2n) is 6.05. The number of hydrogen-bond donors (Lipinski definition) is 0. The molecule has 0 spiro atoms. The largest absolute Gasteiger partial charge is 0.345 e. The Balaban J connectivity index is 1.54. The van der Waals surface area contributed by atoms with Gasteiger partial charge in [-0.3, -0.25) is 9.78 Å². The molecule has 1 fully saturated rings. The minimum absolute atomic E-state index is 0.0185. The monoisotopic (exact) mass is 356 g/mol. The molecule has 1 aromatic carbocycles. The zero-order chi connectivity index (χ0) is 17.4. The van der Waals surface area contributed by atoms with Crippen LogP contribution in [-0.2, 0) is 0 Å². The second kappa shape index (κ2) is 6.40. The summed E-state index contributed by atoms with van der Waals surface area (Å²) >= 11 is 1.61. The Morgan fingerprint density at radius 3 is 2.72 bits per heavy atom. The van der Waals surface area contributed by atoms with E-state index >= 15 is 0 Å². The fourth-order valence-electron chi connectivity index (χ4n) is 3.10.